The van der Waals surface area contributed by atoms with E-state index in [4.69, 9.17) is 9.47 Å². The summed E-state index contributed by atoms with van der Waals surface area (Å²) in [4.78, 5) is 6.46. The second kappa shape index (κ2) is 13.6. The summed E-state index contributed by atoms with van der Waals surface area (Å²) >= 11 is 0. The highest BCUT2D eigenvalue weighted by Crippen LogP contribution is 1.94. The van der Waals surface area contributed by atoms with Gasteiger partial charge in [-0.2, -0.15) is 0 Å². The van der Waals surface area contributed by atoms with Crippen molar-refractivity contribution < 1.29 is 9.47 Å². The molecule has 0 rings (SSSR count). The molecule has 0 saturated carbocycles. The van der Waals surface area contributed by atoms with Gasteiger partial charge in [0, 0.05) is 40.9 Å². The summed E-state index contributed by atoms with van der Waals surface area (Å²) in [5.74, 6) is 0.980. The molecule has 5 nitrogen and oxygen atoms in total. The number of methoxy groups -OCH3 is 1. The largest absolute Gasteiger partial charge is 0.382 e. The van der Waals surface area contributed by atoms with Crippen LogP contribution >= 0.6 is 0 Å². The Morgan fingerprint density at radius 3 is 2.58 bits per heavy atom. The Labute approximate surface area is 118 Å². The number of unbranched alkanes of at least 4 members (excludes halogenated alkanes) is 2. The molecular weight excluding hydrogens is 242 g/mol. The highest BCUT2D eigenvalue weighted by molar-refractivity contribution is 5.79. The van der Waals surface area contributed by atoms with Gasteiger partial charge in [0.1, 0.15) is 0 Å². The Kier molecular flexibility index (Phi) is 13.0. The molecule has 0 aromatic heterocycles. The average molecular weight is 273 g/mol. The Morgan fingerprint density at radius 2 is 1.95 bits per heavy atom. The lowest BCUT2D eigenvalue weighted by Crippen LogP contribution is -2.39. The maximum Gasteiger partial charge on any atom is 0.193 e. The first-order valence-electron chi connectivity index (χ1n) is 7.24. The second-order valence-electron chi connectivity index (χ2n) is 4.56. The van der Waals surface area contributed by atoms with Crippen molar-refractivity contribution in [1.29, 1.82) is 0 Å². The van der Waals surface area contributed by atoms with Crippen molar-refractivity contribution in [3.63, 3.8) is 0 Å². The Morgan fingerprint density at radius 1 is 1.16 bits per heavy atom. The molecule has 1 N–H and O–H groups in total. The fraction of sp³-hybridized carbons (Fsp3) is 0.929. The zero-order chi connectivity index (χ0) is 14.3. The van der Waals surface area contributed by atoms with Crippen LogP contribution in [-0.4, -0.2) is 65.0 Å². The average Bonchev–Trinajstić information content (AvgIpc) is 2.43. The van der Waals surface area contributed by atoms with E-state index in [2.05, 4.69) is 29.2 Å². The van der Waals surface area contributed by atoms with Crippen molar-refractivity contribution in [3.8, 4) is 0 Å². The van der Waals surface area contributed by atoms with Crippen LogP contribution in [0.4, 0.5) is 0 Å². The van der Waals surface area contributed by atoms with Crippen molar-refractivity contribution in [2.24, 2.45) is 4.99 Å². The van der Waals surface area contributed by atoms with Crippen LogP contribution in [0.2, 0.25) is 0 Å². The fourth-order valence-electron chi connectivity index (χ4n) is 1.66. The lowest BCUT2D eigenvalue weighted by Gasteiger charge is -2.21. The van der Waals surface area contributed by atoms with E-state index in [1.54, 1.807) is 7.11 Å². The summed E-state index contributed by atoms with van der Waals surface area (Å²) in [6.07, 6.45) is 4.56. The van der Waals surface area contributed by atoms with E-state index < -0.39 is 0 Å². The fourth-order valence-corrected chi connectivity index (χ4v) is 1.66. The summed E-state index contributed by atoms with van der Waals surface area (Å²) in [5, 5.41) is 3.38. The van der Waals surface area contributed by atoms with Crippen LogP contribution in [0.1, 0.15) is 32.6 Å². The van der Waals surface area contributed by atoms with E-state index in [1.165, 1.54) is 12.8 Å². The van der Waals surface area contributed by atoms with Crippen LogP contribution in [0.25, 0.3) is 0 Å². The van der Waals surface area contributed by atoms with Crippen molar-refractivity contribution in [2.45, 2.75) is 32.6 Å². The van der Waals surface area contributed by atoms with Gasteiger partial charge in [-0.25, -0.2) is 0 Å². The quantitative estimate of drug-likeness (QED) is 0.354. The van der Waals surface area contributed by atoms with Gasteiger partial charge in [-0.15, -0.1) is 0 Å². The zero-order valence-corrected chi connectivity index (χ0v) is 13.1. The molecule has 0 atom stereocenters. The third-order valence-corrected chi connectivity index (χ3v) is 2.85. The first kappa shape index (κ1) is 18.2. The van der Waals surface area contributed by atoms with E-state index in [9.17, 15) is 0 Å². The van der Waals surface area contributed by atoms with E-state index >= 15 is 0 Å². The molecule has 0 bridgehead atoms. The number of guanidine groups is 1. The molecule has 0 aromatic carbocycles. The van der Waals surface area contributed by atoms with Gasteiger partial charge in [0.05, 0.1) is 13.2 Å². The highest BCUT2D eigenvalue weighted by atomic mass is 16.5. The number of rotatable bonds is 11. The van der Waals surface area contributed by atoms with Gasteiger partial charge < -0.3 is 19.7 Å². The van der Waals surface area contributed by atoms with Gasteiger partial charge in [0.25, 0.3) is 0 Å². The molecule has 0 saturated heterocycles. The van der Waals surface area contributed by atoms with Crippen LogP contribution in [-0.2, 0) is 9.47 Å². The summed E-state index contributed by atoms with van der Waals surface area (Å²) in [5.41, 5.74) is 0. The maximum atomic E-state index is 5.41. The molecule has 0 spiro atoms. The summed E-state index contributed by atoms with van der Waals surface area (Å²) in [6.45, 7) is 6.36. The van der Waals surface area contributed by atoms with Crippen LogP contribution in [0.3, 0.4) is 0 Å². The molecule has 5 heteroatoms. The third-order valence-electron chi connectivity index (χ3n) is 2.85. The number of aliphatic imine (C=N–C) groups is 1. The molecule has 0 aliphatic carbocycles. The normalized spacial score (nSPS) is 11.7. The predicted molar refractivity (Wildman–Crippen MR) is 80.8 cm³/mol. The highest BCUT2D eigenvalue weighted by Gasteiger charge is 2.03. The monoisotopic (exact) mass is 273 g/mol. The lowest BCUT2D eigenvalue weighted by atomic mass is 10.3. The molecule has 0 aliphatic rings. The van der Waals surface area contributed by atoms with E-state index in [-0.39, 0.29) is 0 Å². The van der Waals surface area contributed by atoms with E-state index in [0.717, 1.165) is 38.5 Å². The summed E-state index contributed by atoms with van der Waals surface area (Å²) in [6, 6.07) is 0. The minimum atomic E-state index is 0.674. The van der Waals surface area contributed by atoms with Crippen LogP contribution in [0.5, 0.6) is 0 Å². The van der Waals surface area contributed by atoms with Crippen molar-refractivity contribution >= 4 is 5.96 Å². The Bertz CT molecular complexity index is 223. The topological polar surface area (TPSA) is 46.1 Å². The number of nitrogens with one attached hydrogen (secondary N) is 1. The molecule has 0 aromatic rings. The molecule has 114 valence electrons. The SMILES string of the molecule is CCCCN(C)C(=NC)NCCCCOCCOC. The Balaban J connectivity index is 3.51. The number of ether oxygens (including phenoxy) is 2. The summed E-state index contributed by atoms with van der Waals surface area (Å²) < 4.78 is 10.3. The van der Waals surface area contributed by atoms with Crippen molar-refractivity contribution in [2.75, 3.05) is 54.1 Å². The van der Waals surface area contributed by atoms with Crippen molar-refractivity contribution in [3.05, 3.63) is 0 Å². The van der Waals surface area contributed by atoms with Gasteiger partial charge in [-0.1, -0.05) is 13.3 Å². The first-order valence-corrected chi connectivity index (χ1v) is 7.24. The molecule has 0 unspecified atom stereocenters. The van der Waals surface area contributed by atoms with Crippen molar-refractivity contribution in [1.82, 2.24) is 10.2 Å². The molecule has 0 fully saturated rings. The van der Waals surface area contributed by atoms with Crippen LogP contribution in [0, 0.1) is 0 Å². The van der Waals surface area contributed by atoms with E-state index in [1.807, 2.05) is 7.05 Å². The minimum Gasteiger partial charge on any atom is -0.382 e. The molecular formula is C14H31N3O2. The smallest absolute Gasteiger partial charge is 0.193 e. The van der Waals surface area contributed by atoms with Gasteiger partial charge >= 0.3 is 0 Å². The first-order chi connectivity index (χ1) is 9.26. The lowest BCUT2D eigenvalue weighted by molar-refractivity contribution is 0.0689. The van der Waals surface area contributed by atoms with E-state index in [0.29, 0.717) is 13.2 Å². The zero-order valence-electron chi connectivity index (χ0n) is 13.1. The number of nitrogens with zero attached hydrogens (tertiary/aromatic N) is 2. The molecule has 0 radical (unpaired) electrons. The van der Waals surface area contributed by atoms with Gasteiger partial charge in [0.2, 0.25) is 0 Å². The third kappa shape index (κ3) is 10.8. The van der Waals surface area contributed by atoms with Gasteiger partial charge in [-0.05, 0) is 19.3 Å². The maximum absolute atomic E-state index is 5.41. The predicted octanol–water partition coefficient (Wildman–Crippen LogP) is 1.74. The number of hydrogen-bond acceptors (Lipinski definition) is 3. The summed E-state index contributed by atoms with van der Waals surface area (Å²) in [7, 11) is 5.60. The second-order valence-corrected chi connectivity index (χ2v) is 4.56. The Hall–Kier alpha value is -0.810. The van der Waals surface area contributed by atoms with Crippen LogP contribution in [0.15, 0.2) is 4.99 Å². The van der Waals surface area contributed by atoms with Crippen LogP contribution < -0.4 is 5.32 Å². The molecule has 0 amide bonds. The molecule has 19 heavy (non-hydrogen) atoms. The van der Waals surface area contributed by atoms with Gasteiger partial charge in [-0.3, -0.25) is 4.99 Å². The molecule has 0 heterocycles. The minimum absolute atomic E-state index is 0.674. The van der Waals surface area contributed by atoms with Gasteiger partial charge in [0.15, 0.2) is 5.96 Å². The number of hydrogen-bond donors (Lipinski definition) is 1. The molecule has 0 aliphatic heterocycles. The standard InChI is InChI=1S/C14H31N3O2/c1-5-6-10-17(3)14(15-2)16-9-7-8-11-19-13-12-18-4/h5-13H2,1-4H3,(H,15,16).